The normalized spacial score (nSPS) is 12.2. The molecule has 0 heterocycles. The van der Waals surface area contributed by atoms with Crippen molar-refractivity contribution >= 4 is 5.69 Å². The predicted molar refractivity (Wildman–Crippen MR) is 81.6 cm³/mol. The van der Waals surface area contributed by atoms with Crippen molar-refractivity contribution in [1.82, 2.24) is 0 Å². The Hall–Kier alpha value is -1.91. The molecule has 0 amide bonds. The third-order valence-electron chi connectivity index (χ3n) is 3.37. The Bertz CT molecular complexity index is 572. The minimum absolute atomic E-state index is 0.0105. The van der Waals surface area contributed by atoms with Gasteiger partial charge in [0.25, 0.3) is 0 Å². The van der Waals surface area contributed by atoms with Crippen molar-refractivity contribution in [3.05, 3.63) is 65.5 Å². The molecule has 112 valence electrons. The first-order valence-corrected chi connectivity index (χ1v) is 6.99. The summed E-state index contributed by atoms with van der Waals surface area (Å²) in [7, 11) is 0. The van der Waals surface area contributed by atoms with Crippen LogP contribution in [-0.4, -0.2) is 23.4 Å². The van der Waals surface area contributed by atoms with Crippen LogP contribution in [-0.2, 0) is 6.54 Å². The van der Waals surface area contributed by atoms with Gasteiger partial charge in [-0.2, -0.15) is 0 Å². The zero-order chi connectivity index (χ0) is 15.2. The SMILES string of the molecule is CC(O)c1cc(F)ccc1N(CCO)Cc1ccccc1. The van der Waals surface area contributed by atoms with Crippen LogP contribution in [0.15, 0.2) is 48.5 Å². The molecule has 0 spiro atoms. The van der Waals surface area contributed by atoms with Gasteiger partial charge in [0.05, 0.1) is 12.7 Å². The van der Waals surface area contributed by atoms with Gasteiger partial charge in [0.2, 0.25) is 0 Å². The fraction of sp³-hybridized carbons (Fsp3) is 0.294. The molecule has 2 aromatic carbocycles. The molecule has 2 N–H and O–H groups in total. The second-order valence-corrected chi connectivity index (χ2v) is 5.01. The molecule has 0 aliphatic heterocycles. The number of anilines is 1. The average molecular weight is 289 g/mol. The van der Waals surface area contributed by atoms with E-state index in [1.807, 2.05) is 35.2 Å². The average Bonchev–Trinajstić information content (AvgIpc) is 2.48. The van der Waals surface area contributed by atoms with Gasteiger partial charge in [-0.05, 0) is 30.7 Å². The van der Waals surface area contributed by atoms with E-state index in [0.29, 0.717) is 18.7 Å². The lowest BCUT2D eigenvalue weighted by Gasteiger charge is -2.27. The lowest BCUT2D eigenvalue weighted by molar-refractivity contribution is 0.199. The summed E-state index contributed by atoms with van der Waals surface area (Å²) in [5.41, 5.74) is 2.36. The van der Waals surface area contributed by atoms with Crippen LogP contribution < -0.4 is 4.90 Å². The van der Waals surface area contributed by atoms with Crippen LogP contribution in [0.25, 0.3) is 0 Å². The third kappa shape index (κ3) is 4.03. The summed E-state index contributed by atoms with van der Waals surface area (Å²) >= 11 is 0. The highest BCUT2D eigenvalue weighted by atomic mass is 19.1. The fourth-order valence-corrected chi connectivity index (χ4v) is 2.36. The molecule has 0 aliphatic rings. The standard InChI is InChI=1S/C17H20FNO2/c1-13(21)16-11-15(18)7-8-17(16)19(9-10-20)12-14-5-3-2-4-6-14/h2-8,11,13,20-21H,9-10,12H2,1H3. The number of benzene rings is 2. The Morgan fingerprint density at radius 1 is 1.14 bits per heavy atom. The number of nitrogens with zero attached hydrogens (tertiary/aromatic N) is 1. The predicted octanol–water partition coefficient (Wildman–Crippen LogP) is 2.88. The number of rotatable bonds is 6. The van der Waals surface area contributed by atoms with Gasteiger partial charge in [0.1, 0.15) is 5.82 Å². The van der Waals surface area contributed by atoms with Crippen molar-refractivity contribution in [3.63, 3.8) is 0 Å². The van der Waals surface area contributed by atoms with Gasteiger partial charge < -0.3 is 15.1 Å². The molecule has 0 saturated carbocycles. The van der Waals surface area contributed by atoms with Crippen molar-refractivity contribution in [2.24, 2.45) is 0 Å². The van der Waals surface area contributed by atoms with Gasteiger partial charge in [-0.3, -0.25) is 0 Å². The Morgan fingerprint density at radius 2 is 1.86 bits per heavy atom. The summed E-state index contributed by atoms with van der Waals surface area (Å²) in [5, 5.41) is 19.1. The molecular formula is C17H20FNO2. The summed E-state index contributed by atoms with van der Waals surface area (Å²) in [5.74, 6) is -0.377. The first-order chi connectivity index (χ1) is 10.1. The molecule has 2 aromatic rings. The molecule has 21 heavy (non-hydrogen) atoms. The van der Waals surface area contributed by atoms with Crippen LogP contribution in [0.5, 0.6) is 0 Å². The summed E-state index contributed by atoms with van der Waals surface area (Å²) in [6, 6.07) is 14.2. The minimum Gasteiger partial charge on any atom is -0.395 e. The fourth-order valence-electron chi connectivity index (χ4n) is 2.36. The van der Waals surface area contributed by atoms with Crippen LogP contribution in [0, 0.1) is 5.82 Å². The van der Waals surface area contributed by atoms with E-state index in [2.05, 4.69) is 0 Å². The maximum atomic E-state index is 13.4. The van der Waals surface area contributed by atoms with Crippen molar-refractivity contribution < 1.29 is 14.6 Å². The van der Waals surface area contributed by atoms with E-state index >= 15 is 0 Å². The van der Waals surface area contributed by atoms with Crippen LogP contribution in [0.3, 0.4) is 0 Å². The Kier molecular flexibility index (Phi) is 5.31. The molecule has 1 atom stereocenters. The Morgan fingerprint density at radius 3 is 2.48 bits per heavy atom. The maximum absolute atomic E-state index is 13.4. The molecule has 0 bridgehead atoms. The quantitative estimate of drug-likeness (QED) is 0.859. The van der Waals surface area contributed by atoms with Gasteiger partial charge >= 0.3 is 0 Å². The highest BCUT2D eigenvalue weighted by Crippen LogP contribution is 2.28. The van der Waals surface area contributed by atoms with E-state index in [-0.39, 0.29) is 12.4 Å². The smallest absolute Gasteiger partial charge is 0.123 e. The summed E-state index contributed by atoms with van der Waals surface area (Å²) in [4.78, 5) is 1.94. The molecule has 3 nitrogen and oxygen atoms in total. The summed E-state index contributed by atoms with van der Waals surface area (Å²) in [6.07, 6.45) is -0.771. The first-order valence-electron chi connectivity index (χ1n) is 6.99. The highest BCUT2D eigenvalue weighted by Gasteiger charge is 2.15. The number of hydrogen-bond donors (Lipinski definition) is 2. The summed E-state index contributed by atoms with van der Waals surface area (Å²) in [6.45, 7) is 2.61. The number of aliphatic hydroxyl groups excluding tert-OH is 2. The van der Waals surface area contributed by atoms with E-state index in [0.717, 1.165) is 11.3 Å². The Labute approximate surface area is 124 Å². The molecule has 0 saturated heterocycles. The number of aliphatic hydroxyl groups is 2. The van der Waals surface area contributed by atoms with Gasteiger partial charge in [-0.1, -0.05) is 30.3 Å². The summed E-state index contributed by atoms with van der Waals surface area (Å²) < 4.78 is 13.4. The molecule has 0 aromatic heterocycles. The minimum atomic E-state index is -0.771. The second-order valence-electron chi connectivity index (χ2n) is 5.01. The Balaban J connectivity index is 2.34. The lowest BCUT2D eigenvalue weighted by Crippen LogP contribution is -2.27. The number of halogens is 1. The largest absolute Gasteiger partial charge is 0.395 e. The van der Waals surface area contributed by atoms with E-state index in [1.165, 1.54) is 12.1 Å². The van der Waals surface area contributed by atoms with Crippen molar-refractivity contribution in [2.45, 2.75) is 19.6 Å². The van der Waals surface area contributed by atoms with Crippen molar-refractivity contribution in [2.75, 3.05) is 18.1 Å². The van der Waals surface area contributed by atoms with E-state index in [4.69, 9.17) is 0 Å². The molecule has 0 fully saturated rings. The monoisotopic (exact) mass is 289 g/mol. The van der Waals surface area contributed by atoms with E-state index in [9.17, 15) is 14.6 Å². The van der Waals surface area contributed by atoms with E-state index in [1.54, 1.807) is 13.0 Å². The van der Waals surface area contributed by atoms with Crippen LogP contribution in [0.1, 0.15) is 24.2 Å². The van der Waals surface area contributed by atoms with Crippen molar-refractivity contribution in [3.8, 4) is 0 Å². The molecule has 0 radical (unpaired) electrons. The van der Waals surface area contributed by atoms with Gasteiger partial charge in [0, 0.05) is 24.3 Å². The van der Waals surface area contributed by atoms with Gasteiger partial charge in [0.15, 0.2) is 0 Å². The third-order valence-corrected chi connectivity index (χ3v) is 3.37. The highest BCUT2D eigenvalue weighted by molar-refractivity contribution is 5.55. The molecule has 2 rings (SSSR count). The van der Waals surface area contributed by atoms with Gasteiger partial charge in [-0.15, -0.1) is 0 Å². The first kappa shape index (κ1) is 15.5. The molecule has 4 heteroatoms. The molecule has 0 aliphatic carbocycles. The van der Waals surface area contributed by atoms with Crippen LogP contribution in [0.4, 0.5) is 10.1 Å². The van der Waals surface area contributed by atoms with E-state index < -0.39 is 6.10 Å². The van der Waals surface area contributed by atoms with Crippen LogP contribution in [0.2, 0.25) is 0 Å². The zero-order valence-electron chi connectivity index (χ0n) is 12.0. The lowest BCUT2D eigenvalue weighted by atomic mass is 10.1. The zero-order valence-corrected chi connectivity index (χ0v) is 12.0. The molecule has 1 unspecified atom stereocenters. The van der Waals surface area contributed by atoms with Gasteiger partial charge in [-0.25, -0.2) is 4.39 Å². The number of hydrogen-bond acceptors (Lipinski definition) is 3. The maximum Gasteiger partial charge on any atom is 0.123 e. The second kappa shape index (κ2) is 7.20. The van der Waals surface area contributed by atoms with Crippen LogP contribution >= 0.6 is 0 Å². The molecular weight excluding hydrogens is 269 g/mol. The topological polar surface area (TPSA) is 43.7 Å². The van der Waals surface area contributed by atoms with Crippen molar-refractivity contribution in [1.29, 1.82) is 0 Å².